The molecule has 89 heavy (non-hydrogen) atoms. The molecule has 0 nitrogen and oxygen atoms in total. The molecular formula is C84H100S5. The molecule has 0 N–H and O–H groups in total. The highest BCUT2D eigenvalue weighted by Gasteiger charge is 2.22. The van der Waals surface area contributed by atoms with Gasteiger partial charge < -0.3 is 0 Å². The molecule has 0 atom stereocenters. The summed E-state index contributed by atoms with van der Waals surface area (Å²) in [5.41, 5.74) is 16.5. The van der Waals surface area contributed by atoms with Gasteiger partial charge in [0, 0.05) is 11.1 Å². The third-order valence-corrected chi connectivity index (χ3v) is 22.3. The standard InChI is InChI=1S/C84H100S5/c1-11-21-41-65-67(43-23-13-3)77(85-75(65)53-51-63-37-33-31-34-38-63)55-57-79-69(45-25-15-5)71(47-27-17-7)81(87-79)59-61-83-73(49-29-19-9)74(50-30-20-10)84(89-83)62-60-82-72(48-28-18-8)70(46-26-16-6)80(88-82)58-56-78-68(44-24-14-4)66(42-22-12-2)76(86-78)54-52-64-39-35-32-36-40-64/h31-40H,11-30,41-50H2,1-10H3. The summed E-state index contributed by atoms with van der Waals surface area (Å²) in [4.78, 5) is 12.1. The van der Waals surface area contributed by atoms with Crippen LogP contribution >= 0.6 is 56.7 Å². The topological polar surface area (TPSA) is 0 Å². The highest BCUT2D eigenvalue weighted by Crippen LogP contribution is 2.38. The van der Waals surface area contributed by atoms with Gasteiger partial charge in [0.05, 0.1) is 48.8 Å². The smallest absolute Gasteiger partial charge is 0.0820 e. The minimum absolute atomic E-state index is 1.03. The fraction of sp³-hybridized carbons (Fsp3) is 0.476. The van der Waals surface area contributed by atoms with E-state index in [2.05, 4.69) is 201 Å². The van der Waals surface area contributed by atoms with E-state index in [1.54, 1.807) is 0 Å². The largest absolute Gasteiger partial charge is 0.117 e. The second kappa shape index (κ2) is 39.5. The van der Waals surface area contributed by atoms with E-state index in [4.69, 9.17) is 0 Å². The van der Waals surface area contributed by atoms with Crippen molar-refractivity contribution in [1.82, 2.24) is 0 Å². The minimum atomic E-state index is 1.03. The van der Waals surface area contributed by atoms with Crippen molar-refractivity contribution >= 4 is 56.7 Å². The van der Waals surface area contributed by atoms with Crippen molar-refractivity contribution < 1.29 is 0 Å². The lowest BCUT2D eigenvalue weighted by Gasteiger charge is -2.06. The summed E-state index contributed by atoms with van der Waals surface area (Å²) < 4.78 is 0. The molecule has 0 radical (unpaired) electrons. The van der Waals surface area contributed by atoms with E-state index < -0.39 is 0 Å². The predicted octanol–water partition coefficient (Wildman–Crippen LogP) is 23.8. The zero-order valence-corrected chi connectivity index (χ0v) is 60.1. The molecule has 466 valence electrons. The quantitative estimate of drug-likeness (QED) is 0.0394. The van der Waals surface area contributed by atoms with Crippen LogP contribution in [0.4, 0.5) is 0 Å². The van der Waals surface area contributed by atoms with Gasteiger partial charge in [0.2, 0.25) is 0 Å². The Hall–Kier alpha value is -5.70. The molecule has 0 amide bonds. The number of thiophene rings is 5. The maximum atomic E-state index is 3.94. The van der Waals surface area contributed by atoms with E-state index in [0.717, 1.165) is 204 Å². The first-order valence-electron chi connectivity index (χ1n) is 34.7. The Morgan fingerprint density at radius 2 is 0.326 bits per heavy atom. The van der Waals surface area contributed by atoms with Crippen LogP contribution in [0.1, 0.15) is 313 Å². The number of unbranched alkanes of at least 4 members (excludes halogenated alkanes) is 10. The molecule has 0 unspecified atom stereocenters. The van der Waals surface area contributed by atoms with Gasteiger partial charge in [0.25, 0.3) is 0 Å². The molecule has 0 fully saturated rings. The average Bonchev–Trinajstić information content (AvgIpc) is 2.23. The number of benzene rings is 2. The summed E-state index contributed by atoms with van der Waals surface area (Å²) in [6.45, 7) is 23.1. The van der Waals surface area contributed by atoms with Gasteiger partial charge in [-0.05, 0) is 256 Å². The Morgan fingerprint density at radius 3 is 0.461 bits per heavy atom. The summed E-state index contributed by atoms with van der Waals surface area (Å²) >= 11 is 9.24. The van der Waals surface area contributed by atoms with Crippen molar-refractivity contribution in [3.05, 3.63) is 176 Å². The van der Waals surface area contributed by atoms with Gasteiger partial charge in [-0.2, -0.15) is 0 Å². The van der Waals surface area contributed by atoms with Crippen molar-refractivity contribution in [3.63, 3.8) is 0 Å². The SMILES string of the molecule is CCCCc1c(C#Cc2ccccc2)sc(C#Cc2sc(C#Cc3sc(C#Cc4sc(C#Cc5sc(C#Cc6ccccc6)c(CCCC)c5CCCC)c(CCCC)c4CCCC)c(CCCC)c3CCCC)c(CCCC)c2CCCC)c1CCCC. The molecule has 0 saturated heterocycles. The molecular weight excluding hydrogens is 1170 g/mol. The maximum Gasteiger partial charge on any atom is 0.0820 e. The van der Waals surface area contributed by atoms with Gasteiger partial charge in [0.1, 0.15) is 0 Å². The van der Waals surface area contributed by atoms with Gasteiger partial charge in [-0.3, -0.25) is 0 Å². The average molecular weight is 1270 g/mol. The van der Waals surface area contributed by atoms with Crippen molar-refractivity contribution in [1.29, 1.82) is 0 Å². The third-order valence-electron chi connectivity index (χ3n) is 16.7. The highest BCUT2D eigenvalue weighted by molar-refractivity contribution is 7.15. The summed E-state index contributed by atoms with van der Waals surface area (Å²) in [7, 11) is 0. The lowest BCUT2D eigenvalue weighted by molar-refractivity contribution is 0.760. The first-order chi connectivity index (χ1) is 43.8. The maximum absolute atomic E-state index is 3.94. The van der Waals surface area contributed by atoms with E-state index >= 15 is 0 Å². The molecule has 7 rings (SSSR count). The lowest BCUT2D eigenvalue weighted by atomic mass is 9.96. The summed E-state index contributed by atoms with van der Waals surface area (Å²) in [5, 5.41) is 0. The third kappa shape index (κ3) is 20.7. The molecule has 5 heteroatoms. The van der Waals surface area contributed by atoms with Crippen LogP contribution in [0.15, 0.2) is 60.7 Å². The molecule has 0 bridgehead atoms. The van der Waals surface area contributed by atoms with E-state index in [0.29, 0.717) is 0 Å². The predicted molar refractivity (Wildman–Crippen MR) is 396 cm³/mol. The van der Waals surface area contributed by atoms with Gasteiger partial charge in [-0.15, -0.1) is 56.7 Å². The molecule has 0 saturated carbocycles. The van der Waals surface area contributed by atoms with Crippen LogP contribution in [0.5, 0.6) is 0 Å². The number of hydrogen-bond acceptors (Lipinski definition) is 5. The Kier molecular flexibility index (Phi) is 31.4. The monoisotopic (exact) mass is 1270 g/mol. The molecule has 0 aliphatic heterocycles. The van der Waals surface area contributed by atoms with Crippen molar-refractivity contribution in [2.45, 2.75) is 262 Å². The fourth-order valence-electron chi connectivity index (χ4n) is 11.4. The van der Waals surface area contributed by atoms with Crippen molar-refractivity contribution in [2.24, 2.45) is 0 Å². The Labute approximate surface area is 561 Å². The summed E-state index contributed by atoms with van der Waals surface area (Å²) in [6, 6.07) is 20.9. The molecule has 5 aromatic heterocycles. The second-order valence-corrected chi connectivity index (χ2v) is 29.0. The van der Waals surface area contributed by atoms with Crippen LogP contribution in [0, 0.1) is 71.0 Å². The van der Waals surface area contributed by atoms with Gasteiger partial charge >= 0.3 is 0 Å². The zero-order chi connectivity index (χ0) is 63.0. The van der Waals surface area contributed by atoms with Crippen LogP contribution < -0.4 is 0 Å². The second-order valence-electron chi connectivity index (χ2n) is 23.9. The van der Waals surface area contributed by atoms with Gasteiger partial charge in [-0.25, -0.2) is 0 Å². The Bertz CT molecular complexity index is 3480. The van der Waals surface area contributed by atoms with E-state index in [1.165, 1.54) is 104 Å². The van der Waals surface area contributed by atoms with Crippen molar-refractivity contribution in [3.8, 4) is 71.0 Å². The molecule has 0 aliphatic carbocycles. The molecule has 0 spiro atoms. The zero-order valence-electron chi connectivity index (χ0n) is 56.0. The highest BCUT2D eigenvalue weighted by atomic mass is 32.1. The molecule has 7 aromatic rings. The van der Waals surface area contributed by atoms with Crippen molar-refractivity contribution in [2.75, 3.05) is 0 Å². The molecule has 5 heterocycles. The van der Waals surface area contributed by atoms with Gasteiger partial charge in [-0.1, -0.05) is 194 Å². The molecule has 0 aliphatic rings. The number of hydrogen-bond donors (Lipinski definition) is 0. The van der Waals surface area contributed by atoms with E-state index in [-0.39, 0.29) is 0 Å². The summed E-state index contributed by atoms with van der Waals surface area (Å²) in [6.07, 6.45) is 33.4. The minimum Gasteiger partial charge on any atom is -0.117 e. The number of rotatable bonds is 30. The van der Waals surface area contributed by atoms with Crippen LogP contribution in [-0.4, -0.2) is 0 Å². The van der Waals surface area contributed by atoms with E-state index in [1.807, 2.05) is 56.7 Å². The van der Waals surface area contributed by atoms with Crippen LogP contribution in [0.25, 0.3) is 0 Å². The molecule has 2 aromatic carbocycles. The lowest BCUT2D eigenvalue weighted by Crippen LogP contribution is -1.96. The van der Waals surface area contributed by atoms with E-state index in [9.17, 15) is 0 Å². The fourth-order valence-corrected chi connectivity index (χ4v) is 17.0. The Morgan fingerprint density at radius 1 is 0.191 bits per heavy atom. The van der Waals surface area contributed by atoms with Crippen LogP contribution in [-0.2, 0) is 64.2 Å². The first kappa shape index (κ1) is 70.8. The first-order valence-corrected chi connectivity index (χ1v) is 38.8. The van der Waals surface area contributed by atoms with Crippen LogP contribution in [0.2, 0.25) is 0 Å². The summed E-state index contributed by atoms with van der Waals surface area (Å²) in [5.74, 6) is 45.5. The Balaban J connectivity index is 1.36. The normalized spacial score (nSPS) is 10.7. The van der Waals surface area contributed by atoms with Gasteiger partial charge in [0.15, 0.2) is 0 Å². The van der Waals surface area contributed by atoms with Crippen LogP contribution in [0.3, 0.4) is 0 Å².